The molecule has 0 unspecified atom stereocenters. The number of fused-ring (bicyclic) bond motifs is 1. The van der Waals surface area contributed by atoms with Crippen molar-refractivity contribution in [3.63, 3.8) is 0 Å². The van der Waals surface area contributed by atoms with Gasteiger partial charge in [-0.1, -0.05) is 47.5 Å². The Bertz CT molecular complexity index is 933. The molecule has 1 aromatic heterocycles. The maximum absolute atomic E-state index is 6.29. The fourth-order valence-electron chi connectivity index (χ4n) is 2.51. The number of thiocarbonyl (C=S) groups is 1. The zero-order valence-electron chi connectivity index (χ0n) is 12.5. The third kappa shape index (κ3) is 3.70. The molecule has 0 saturated heterocycles. The van der Waals surface area contributed by atoms with E-state index in [0.717, 1.165) is 22.0 Å². The summed E-state index contributed by atoms with van der Waals surface area (Å²) in [5.41, 5.74) is 11.0. The maximum Gasteiger partial charge on any atom is 0.184 e. The smallest absolute Gasteiger partial charge is 0.184 e. The van der Waals surface area contributed by atoms with Crippen molar-refractivity contribution in [2.45, 2.75) is 6.54 Å². The minimum atomic E-state index is 0.128. The monoisotopic (exact) mass is 376 g/mol. The zero-order chi connectivity index (χ0) is 17.1. The molecule has 3 aromatic rings. The normalized spacial score (nSPS) is 11.2. The van der Waals surface area contributed by atoms with Crippen LogP contribution in [0.2, 0.25) is 10.0 Å². The molecule has 0 aliphatic carbocycles. The van der Waals surface area contributed by atoms with Gasteiger partial charge in [0, 0.05) is 39.3 Å². The van der Waals surface area contributed by atoms with Gasteiger partial charge in [0.1, 0.15) is 0 Å². The van der Waals surface area contributed by atoms with Gasteiger partial charge < -0.3 is 10.3 Å². The van der Waals surface area contributed by atoms with Crippen molar-refractivity contribution < 1.29 is 0 Å². The van der Waals surface area contributed by atoms with Gasteiger partial charge >= 0.3 is 0 Å². The Balaban J connectivity index is 1.99. The first kappa shape index (κ1) is 16.8. The van der Waals surface area contributed by atoms with Crippen LogP contribution in [0.1, 0.15) is 11.1 Å². The Morgan fingerprint density at radius 3 is 2.79 bits per heavy atom. The number of hydrogen-bond acceptors (Lipinski definition) is 2. The number of rotatable bonds is 4. The molecule has 0 saturated carbocycles. The molecule has 7 heteroatoms. The summed E-state index contributed by atoms with van der Waals surface area (Å²) >= 11 is 17.0. The van der Waals surface area contributed by atoms with Gasteiger partial charge in [-0.25, -0.2) is 0 Å². The third-order valence-corrected chi connectivity index (χ3v) is 4.23. The molecule has 3 rings (SSSR count). The summed E-state index contributed by atoms with van der Waals surface area (Å²) in [5, 5.41) is 6.52. The van der Waals surface area contributed by atoms with Gasteiger partial charge in [0.05, 0.1) is 6.21 Å². The van der Waals surface area contributed by atoms with Crippen LogP contribution in [0.5, 0.6) is 0 Å². The molecule has 122 valence electrons. The van der Waals surface area contributed by atoms with Gasteiger partial charge in [-0.05, 0) is 36.0 Å². The number of hydrazone groups is 1. The molecule has 0 aliphatic heterocycles. The lowest BCUT2D eigenvalue weighted by molar-refractivity contribution is 0.836. The van der Waals surface area contributed by atoms with E-state index in [1.54, 1.807) is 12.3 Å². The summed E-state index contributed by atoms with van der Waals surface area (Å²) in [6, 6.07) is 13.6. The van der Waals surface area contributed by atoms with E-state index in [4.69, 9.17) is 41.2 Å². The van der Waals surface area contributed by atoms with E-state index >= 15 is 0 Å². The number of nitrogens with one attached hydrogen (secondary N) is 1. The van der Waals surface area contributed by atoms with Gasteiger partial charge in [0.25, 0.3) is 0 Å². The molecule has 4 nitrogen and oxygen atoms in total. The first-order valence-electron chi connectivity index (χ1n) is 7.15. The second-order valence-electron chi connectivity index (χ2n) is 5.20. The quantitative estimate of drug-likeness (QED) is 0.408. The molecule has 1 heterocycles. The highest BCUT2D eigenvalue weighted by atomic mass is 35.5. The lowest BCUT2D eigenvalue weighted by Gasteiger charge is -2.08. The Kier molecular flexibility index (Phi) is 5.04. The van der Waals surface area contributed by atoms with Gasteiger partial charge in [0.15, 0.2) is 5.11 Å². The largest absolute Gasteiger partial charge is 0.375 e. The van der Waals surface area contributed by atoms with Crippen LogP contribution in [0, 0.1) is 0 Å². The highest BCUT2D eigenvalue weighted by molar-refractivity contribution is 7.80. The fraction of sp³-hybridized carbons (Fsp3) is 0.0588. The third-order valence-electron chi connectivity index (χ3n) is 3.55. The van der Waals surface area contributed by atoms with Crippen LogP contribution >= 0.6 is 35.4 Å². The Morgan fingerprint density at radius 1 is 1.25 bits per heavy atom. The van der Waals surface area contributed by atoms with Crippen molar-refractivity contribution in [2.75, 3.05) is 0 Å². The van der Waals surface area contributed by atoms with Crippen LogP contribution in [-0.2, 0) is 6.54 Å². The van der Waals surface area contributed by atoms with Gasteiger partial charge in [0.2, 0.25) is 0 Å². The molecular formula is C17H14Cl2N4S. The Hall–Kier alpha value is -2.08. The number of para-hydroxylation sites is 1. The molecule has 24 heavy (non-hydrogen) atoms. The first-order chi connectivity index (χ1) is 11.5. The van der Waals surface area contributed by atoms with Crippen LogP contribution in [0.25, 0.3) is 10.9 Å². The molecular weight excluding hydrogens is 363 g/mol. The van der Waals surface area contributed by atoms with Crippen molar-refractivity contribution in [1.29, 1.82) is 0 Å². The molecule has 0 spiro atoms. The molecule has 0 aliphatic rings. The van der Waals surface area contributed by atoms with E-state index in [1.165, 1.54) is 0 Å². The predicted molar refractivity (Wildman–Crippen MR) is 105 cm³/mol. The summed E-state index contributed by atoms with van der Waals surface area (Å²) in [6.07, 6.45) is 3.71. The van der Waals surface area contributed by atoms with Crippen molar-refractivity contribution in [2.24, 2.45) is 10.8 Å². The van der Waals surface area contributed by atoms with E-state index in [0.29, 0.717) is 16.6 Å². The van der Waals surface area contributed by atoms with E-state index in [9.17, 15) is 0 Å². The SMILES string of the molecule is NC(=S)N/N=C\c1cn(Cc2ccc(Cl)cc2Cl)c2ccccc12. The van der Waals surface area contributed by atoms with Gasteiger partial charge in [-0.15, -0.1) is 0 Å². The fourth-order valence-corrected chi connectivity index (χ4v) is 3.03. The second-order valence-corrected chi connectivity index (χ2v) is 6.48. The molecule has 0 atom stereocenters. The highest BCUT2D eigenvalue weighted by Crippen LogP contribution is 2.25. The lowest BCUT2D eigenvalue weighted by atomic mass is 10.2. The molecule has 0 bridgehead atoms. The van der Waals surface area contributed by atoms with E-state index in [2.05, 4.69) is 21.2 Å². The summed E-state index contributed by atoms with van der Waals surface area (Å²) < 4.78 is 2.12. The average Bonchev–Trinajstić information content (AvgIpc) is 2.88. The standard InChI is InChI=1S/C17H14Cl2N4S/c18-13-6-5-11(15(19)7-13)9-23-10-12(8-21-22-17(20)24)14-3-1-2-4-16(14)23/h1-8,10H,9H2,(H3,20,22,24)/b21-8-. The minimum Gasteiger partial charge on any atom is -0.375 e. The van der Waals surface area contributed by atoms with Gasteiger partial charge in [-0.3, -0.25) is 5.43 Å². The Labute approximate surface area is 154 Å². The summed E-state index contributed by atoms with van der Waals surface area (Å²) in [5.74, 6) is 0. The molecule has 0 fully saturated rings. The Morgan fingerprint density at radius 2 is 2.04 bits per heavy atom. The first-order valence-corrected chi connectivity index (χ1v) is 8.31. The number of nitrogens with zero attached hydrogens (tertiary/aromatic N) is 2. The second kappa shape index (κ2) is 7.21. The van der Waals surface area contributed by atoms with Crippen molar-refractivity contribution in [1.82, 2.24) is 9.99 Å². The molecule has 0 radical (unpaired) electrons. The topological polar surface area (TPSA) is 55.3 Å². The number of aromatic nitrogens is 1. The molecule has 2 aromatic carbocycles. The number of nitrogens with two attached hydrogens (primary N) is 1. The maximum atomic E-state index is 6.29. The predicted octanol–water partition coefficient (Wildman–Crippen LogP) is 4.16. The van der Waals surface area contributed by atoms with Crippen LogP contribution < -0.4 is 11.2 Å². The van der Waals surface area contributed by atoms with Crippen LogP contribution in [0.15, 0.2) is 53.8 Å². The van der Waals surface area contributed by atoms with Crippen LogP contribution in [0.3, 0.4) is 0 Å². The lowest BCUT2D eigenvalue weighted by Crippen LogP contribution is -2.23. The number of halogens is 2. The molecule has 0 amide bonds. The van der Waals surface area contributed by atoms with Crippen LogP contribution in [0.4, 0.5) is 0 Å². The average molecular weight is 377 g/mol. The summed E-state index contributed by atoms with van der Waals surface area (Å²) in [7, 11) is 0. The zero-order valence-corrected chi connectivity index (χ0v) is 14.9. The van der Waals surface area contributed by atoms with Crippen molar-refractivity contribution in [3.8, 4) is 0 Å². The van der Waals surface area contributed by atoms with Gasteiger partial charge in [-0.2, -0.15) is 5.10 Å². The van der Waals surface area contributed by atoms with Crippen molar-refractivity contribution in [3.05, 3.63) is 69.8 Å². The van der Waals surface area contributed by atoms with Crippen LogP contribution in [-0.4, -0.2) is 15.9 Å². The molecule has 3 N–H and O–H groups in total. The number of hydrogen-bond donors (Lipinski definition) is 2. The van der Waals surface area contributed by atoms with Crippen molar-refractivity contribution >= 4 is 57.6 Å². The van der Waals surface area contributed by atoms with E-state index in [1.807, 2.05) is 36.5 Å². The number of benzene rings is 2. The summed E-state index contributed by atoms with van der Waals surface area (Å²) in [4.78, 5) is 0. The minimum absolute atomic E-state index is 0.128. The van der Waals surface area contributed by atoms with E-state index in [-0.39, 0.29) is 5.11 Å². The summed E-state index contributed by atoms with van der Waals surface area (Å²) in [6.45, 7) is 0.632. The van der Waals surface area contributed by atoms with E-state index < -0.39 is 0 Å². The highest BCUT2D eigenvalue weighted by Gasteiger charge is 2.09.